The van der Waals surface area contributed by atoms with Crippen LogP contribution in [0.3, 0.4) is 0 Å². The summed E-state index contributed by atoms with van der Waals surface area (Å²) in [7, 11) is 0. The number of aromatic nitrogens is 6. The summed E-state index contributed by atoms with van der Waals surface area (Å²) >= 11 is 44.7. The molecule has 0 radical (unpaired) electrons. The summed E-state index contributed by atoms with van der Waals surface area (Å²) in [6.45, 7) is 33.9. The van der Waals surface area contributed by atoms with E-state index in [-0.39, 0.29) is 47.2 Å². The summed E-state index contributed by atoms with van der Waals surface area (Å²) in [5.41, 5.74) is 4.37. The Labute approximate surface area is 724 Å². The van der Waals surface area contributed by atoms with Crippen LogP contribution in [0.5, 0.6) is 0 Å². The number of nitrogens with one attached hydrogen (secondary N) is 6. The number of amides is 6. The highest BCUT2D eigenvalue weighted by atomic mass is 35.5. The normalized spacial score (nSPS) is 10.8. The number of pyridine rings is 6. The minimum Gasteiger partial charge on any atom is -0.306 e. The van der Waals surface area contributed by atoms with Crippen LogP contribution in [0.1, 0.15) is 241 Å². The number of anilines is 6. The van der Waals surface area contributed by atoms with Gasteiger partial charge in [0.05, 0.1) is 54.4 Å². The minimum atomic E-state index is -0.325. The fraction of sp³-hybridized carbons (Fsp3) is 0.286. The van der Waals surface area contributed by atoms with Crippen molar-refractivity contribution in [3.05, 3.63) is 269 Å². The fourth-order valence-corrected chi connectivity index (χ4v) is 18.5. The maximum Gasteiger partial charge on any atom is 0.266 e. The van der Waals surface area contributed by atoms with Crippen LogP contribution < -0.4 is 31.9 Å². The Balaban J connectivity index is 0.000000191. The lowest BCUT2D eigenvalue weighted by molar-refractivity contribution is 0.102. The Morgan fingerprint density at radius 2 is 0.513 bits per heavy atom. The highest BCUT2D eigenvalue weighted by Crippen LogP contribution is 2.39. The van der Waals surface area contributed by atoms with E-state index in [0.29, 0.717) is 129 Å². The van der Waals surface area contributed by atoms with Crippen LogP contribution in [0.4, 0.5) is 39.3 Å². The first-order valence-corrected chi connectivity index (χ1v) is 43.5. The number of rotatable bonds is 19. The molecule has 115 heavy (non-hydrogen) atoms. The zero-order valence-electron chi connectivity index (χ0n) is 66.3. The molecule has 12 rings (SSSR count). The lowest BCUT2D eigenvalue weighted by atomic mass is 10.2. The van der Waals surface area contributed by atoms with Crippen molar-refractivity contribution in [3.8, 4) is 0 Å². The number of halogens is 7. The largest absolute Gasteiger partial charge is 0.306 e. The molecule has 0 aliphatic rings. The first-order chi connectivity index (χ1) is 54.4. The molecule has 31 heteroatoms. The second-order valence-corrected chi connectivity index (χ2v) is 36.4. The number of hydrogen-bond acceptors (Lipinski definition) is 18. The third kappa shape index (κ3) is 29.0. The van der Waals surface area contributed by atoms with E-state index in [2.05, 4.69) is 117 Å². The Morgan fingerprint density at radius 1 is 0.304 bits per heavy atom. The highest BCUT2D eigenvalue weighted by molar-refractivity contribution is 7.16. The van der Waals surface area contributed by atoms with Crippen LogP contribution in [-0.4, -0.2) is 65.3 Å². The van der Waals surface area contributed by atoms with Crippen LogP contribution in [-0.2, 0) is 6.42 Å². The average molecular weight is 1790 g/mol. The number of carbonyl (C=O) groups is 6. The Hall–Kier alpha value is -8.41. The number of thiophene rings is 6. The van der Waals surface area contributed by atoms with Crippen molar-refractivity contribution in [3.63, 3.8) is 0 Å². The molecule has 6 amide bonds. The van der Waals surface area contributed by atoms with Crippen molar-refractivity contribution in [2.45, 2.75) is 160 Å². The fourth-order valence-electron chi connectivity index (χ4n) is 10.1. The molecule has 12 heterocycles. The number of hydrogen-bond donors (Lipinski definition) is 6. The predicted molar refractivity (Wildman–Crippen MR) is 482 cm³/mol. The van der Waals surface area contributed by atoms with Crippen molar-refractivity contribution >= 4 is 208 Å². The zero-order valence-corrected chi connectivity index (χ0v) is 75.7. The van der Waals surface area contributed by atoms with Crippen molar-refractivity contribution in [1.29, 1.82) is 0 Å². The third-order valence-corrected chi connectivity index (χ3v) is 26.6. The van der Waals surface area contributed by atoms with Crippen LogP contribution in [0.15, 0.2) is 146 Å². The van der Waals surface area contributed by atoms with Crippen LogP contribution in [0.25, 0.3) is 0 Å². The molecule has 0 aliphatic carbocycles. The summed E-state index contributed by atoms with van der Waals surface area (Å²) < 4.78 is 13.6. The number of nitrogens with zero attached hydrogens (tertiary/aromatic N) is 6. The Kier molecular flexibility index (Phi) is 36.5. The van der Waals surface area contributed by atoms with E-state index in [0.717, 1.165) is 59.3 Å². The second kappa shape index (κ2) is 44.8. The maximum atomic E-state index is 13.6. The van der Waals surface area contributed by atoms with Gasteiger partial charge in [-0.3, -0.25) is 28.8 Å². The minimum absolute atomic E-state index is 0.0728. The van der Waals surface area contributed by atoms with E-state index < -0.39 is 0 Å². The van der Waals surface area contributed by atoms with Gasteiger partial charge in [0.15, 0.2) is 0 Å². The molecule has 6 N–H and O–H groups in total. The van der Waals surface area contributed by atoms with E-state index in [9.17, 15) is 33.2 Å². The molecule has 0 aromatic carbocycles. The van der Waals surface area contributed by atoms with E-state index >= 15 is 0 Å². The summed E-state index contributed by atoms with van der Waals surface area (Å²) in [5.74, 6) is 3.23. The van der Waals surface area contributed by atoms with E-state index in [1.165, 1.54) is 74.1 Å². The van der Waals surface area contributed by atoms with Gasteiger partial charge < -0.3 is 31.9 Å². The molecule has 0 unspecified atom stereocenters. The lowest BCUT2D eigenvalue weighted by Crippen LogP contribution is -2.11. The lowest BCUT2D eigenvalue weighted by Gasteiger charge is -2.04. The SMILES string of the molecule is CC(C)c1sc(C(=O)Nc2cccc(Cl)n2)cc1Cl.CCc1cccc(NC(=O)c2cc(Cl)c(C(C)C)s2)n1.Cc1cccc(NC(=O)c2cc(Cl)c(C(C)C)s2)n1.Cc1cccc(NC(=O)c2cc(Cl)c(C(C)C)s2)n1.Cc1cccc(NC(=O)c2cc(Cl)c(C(C)C)s2)n1.Cc1cccc(NC(=O)c2cc(F)c(C(C)C)s2)n1. The standard InChI is InChI=1S/C15H17ClN2OS.3C14H15ClN2OS.C14H15FN2OS.C13H12Cl2N2OS/c1-4-10-6-5-7-13(17-10)18-15(19)12-8-11(16)14(20-12)9(2)3;4*1-8(2)13-10(15)7-11(19-13)14(18)17-12-6-4-5-9(3)16-12;1-7(2)12-8(14)6-9(19-12)13(18)17-11-5-3-4-10(15)16-11/h5-9H,4H2,1-3H3,(H,17,18,19);4*4-8H,1-3H3,(H,16,17,18);3-7H,1-2H3,(H,16,17,18). The van der Waals surface area contributed by atoms with Gasteiger partial charge in [-0.15, -0.1) is 68.0 Å². The summed E-state index contributed by atoms with van der Waals surface area (Å²) in [6, 6.07) is 42.4. The number of carbonyl (C=O) groups excluding carboxylic acids is 6. The van der Waals surface area contributed by atoms with Gasteiger partial charge in [-0.2, -0.15) is 0 Å². The van der Waals surface area contributed by atoms with Gasteiger partial charge in [-0.1, -0.05) is 196 Å². The Bertz CT molecular complexity index is 4720. The third-order valence-electron chi connectivity index (χ3n) is 15.7. The molecule has 0 atom stereocenters. The molecular weight excluding hydrogens is 1700 g/mol. The molecule has 18 nitrogen and oxygen atoms in total. The molecule has 0 aliphatic heterocycles. The highest BCUT2D eigenvalue weighted by Gasteiger charge is 2.23. The van der Waals surface area contributed by atoms with Gasteiger partial charge in [0.25, 0.3) is 35.4 Å². The monoisotopic (exact) mass is 1780 g/mol. The average Bonchev–Trinajstić information content (AvgIpc) is 1.73. The first kappa shape index (κ1) is 93.7. The molecule has 12 aromatic heterocycles. The molecule has 0 bridgehead atoms. The number of aryl methyl sites for hydroxylation is 5. The van der Waals surface area contributed by atoms with E-state index in [4.69, 9.17) is 69.6 Å². The Morgan fingerprint density at radius 3 is 0.722 bits per heavy atom. The summed E-state index contributed by atoms with van der Waals surface area (Å²) in [4.78, 5) is 107. The summed E-state index contributed by atoms with van der Waals surface area (Å²) in [6.07, 6.45) is 0.839. The van der Waals surface area contributed by atoms with E-state index in [1.54, 1.807) is 78.9 Å². The van der Waals surface area contributed by atoms with Crippen LogP contribution in [0.2, 0.25) is 30.3 Å². The van der Waals surface area contributed by atoms with Crippen molar-refractivity contribution < 1.29 is 33.2 Å². The smallest absolute Gasteiger partial charge is 0.266 e. The van der Waals surface area contributed by atoms with Gasteiger partial charge >= 0.3 is 0 Å². The molecule has 0 saturated heterocycles. The second-order valence-electron chi connectivity index (χ2n) is 27.5. The van der Waals surface area contributed by atoms with Gasteiger partial charge in [0.2, 0.25) is 0 Å². The predicted octanol–water partition coefficient (Wildman–Crippen LogP) is 27.0. The van der Waals surface area contributed by atoms with Crippen LogP contribution >= 0.6 is 138 Å². The van der Waals surface area contributed by atoms with Crippen molar-refractivity contribution in [2.75, 3.05) is 31.9 Å². The molecule has 12 aromatic rings. The maximum absolute atomic E-state index is 13.6. The van der Waals surface area contributed by atoms with Gasteiger partial charge in [-0.25, -0.2) is 34.3 Å². The molecule has 0 spiro atoms. The molecule has 606 valence electrons. The van der Waals surface area contributed by atoms with Crippen LogP contribution in [0, 0.1) is 33.5 Å². The molecular formula is C84H89Cl6FN12O6S6. The molecule has 0 fully saturated rings. The quantitative estimate of drug-likeness (QED) is 0.0414. The zero-order chi connectivity index (χ0) is 84.7. The molecule has 0 saturated carbocycles. The van der Waals surface area contributed by atoms with Crippen molar-refractivity contribution in [2.24, 2.45) is 0 Å². The topological polar surface area (TPSA) is 252 Å². The van der Waals surface area contributed by atoms with Gasteiger partial charge in [0, 0.05) is 57.7 Å². The first-order valence-electron chi connectivity index (χ1n) is 36.3. The van der Waals surface area contributed by atoms with Gasteiger partial charge in [0.1, 0.15) is 45.9 Å². The summed E-state index contributed by atoms with van der Waals surface area (Å²) in [5, 5.41) is 20.1. The van der Waals surface area contributed by atoms with Gasteiger partial charge in [-0.05, 0) is 179 Å². The van der Waals surface area contributed by atoms with Crippen molar-refractivity contribution in [1.82, 2.24) is 29.9 Å². The van der Waals surface area contributed by atoms with E-state index in [1.807, 2.05) is 123 Å².